The number of halogens is 2. The zero-order chi connectivity index (χ0) is 20.3. The lowest BCUT2D eigenvalue weighted by atomic mass is 10.2. The van der Waals surface area contributed by atoms with Crippen molar-refractivity contribution in [3.8, 4) is 11.3 Å². The predicted octanol–water partition coefficient (Wildman–Crippen LogP) is 6.07. The van der Waals surface area contributed by atoms with E-state index in [0.29, 0.717) is 32.6 Å². The Morgan fingerprint density at radius 2 is 1.71 bits per heavy atom. The molecule has 0 fully saturated rings. The van der Waals surface area contributed by atoms with Crippen molar-refractivity contribution in [1.29, 1.82) is 0 Å². The summed E-state index contributed by atoms with van der Waals surface area (Å²) in [6.07, 6.45) is -0.201. The van der Waals surface area contributed by atoms with E-state index in [2.05, 4.69) is 5.32 Å². The normalized spacial score (nSPS) is 10.8. The van der Waals surface area contributed by atoms with Gasteiger partial charge in [-0.1, -0.05) is 23.2 Å². The summed E-state index contributed by atoms with van der Waals surface area (Å²) in [7, 11) is 0. The van der Waals surface area contributed by atoms with E-state index in [1.54, 1.807) is 68.4 Å². The zero-order valence-electron chi connectivity index (χ0n) is 15.2. The molecule has 0 aliphatic carbocycles. The van der Waals surface area contributed by atoms with Gasteiger partial charge in [-0.3, -0.25) is 4.79 Å². The third kappa shape index (κ3) is 4.74. The first-order valence-corrected chi connectivity index (χ1v) is 9.27. The van der Waals surface area contributed by atoms with Gasteiger partial charge in [0, 0.05) is 16.3 Å². The SMILES string of the molecule is CC(C)OC(=O)c1ccc(NC(=O)c2ccc(-c3cc(Cl)ccc3Cl)o2)cc1. The highest BCUT2D eigenvalue weighted by Crippen LogP contribution is 2.32. The highest BCUT2D eigenvalue weighted by Gasteiger charge is 2.15. The minimum atomic E-state index is -0.429. The van der Waals surface area contributed by atoms with Crippen molar-refractivity contribution in [2.24, 2.45) is 0 Å². The number of amides is 1. The first kappa shape index (κ1) is 20.0. The number of carbonyl (C=O) groups is 2. The molecular weight excluding hydrogens is 401 g/mol. The number of hydrogen-bond donors (Lipinski definition) is 1. The monoisotopic (exact) mass is 417 g/mol. The van der Waals surface area contributed by atoms with E-state index < -0.39 is 11.9 Å². The molecule has 0 saturated heterocycles. The van der Waals surface area contributed by atoms with Crippen molar-refractivity contribution < 1.29 is 18.7 Å². The summed E-state index contributed by atoms with van der Waals surface area (Å²) in [5, 5.41) is 3.69. The molecule has 5 nitrogen and oxygen atoms in total. The highest BCUT2D eigenvalue weighted by atomic mass is 35.5. The van der Waals surface area contributed by atoms with Crippen molar-refractivity contribution >= 4 is 40.8 Å². The molecule has 144 valence electrons. The molecule has 1 heterocycles. The summed E-state index contributed by atoms with van der Waals surface area (Å²) in [5.41, 5.74) is 1.52. The Bertz CT molecular complexity index is 1010. The van der Waals surface area contributed by atoms with Gasteiger partial charge >= 0.3 is 5.97 Å². The second kappa shape index (κ2) is 8.50. The number of esters is 1. The maximum absolute atomic E-state index is 12.4. The molecule has 1 amide bonds. The van der Waals surface area contributed by atoms with Crippen LogP contribution in [0.3, 0.4) is 0 Å². The van der Waals surface area contributed by atoms with Gasteiger partial charge in [0.1, 0.15) is 5.76 Å². The molecule has 28 heavy (non-hydrogen) atoms. The van der Waals surface area contributed by atoms with Gasteiger partial charge in [-0.25, -0.2) is 4.79 Å². The Hall–Kier alpha value is -2.76. The lowest BCUT2D eigenvalue weighted by Crippen LogP contribution is -2.13. The van der Waals surface area contributed by atoms with E-state index in [4.69, 9.17) is 32.4 Å². The Morgan fingerprint density at radius 3 is 2.39 bits per heavy atom. The molecule has 7 heteroatoms. The molecule has 0 aliphatic heterocycles. The van der Waals surface area contributed by atoms with Crippen LogP contribution >= 0.6 is 23.2 Å². The largest absolute Gasteiger partial charge is 0.459 e. The van der Waals surface area contributed by atoms with Crippen molar-refractivity contribution in [2.45, 2.75) is 20.0 Å². The number of carbonyl (C=O) groups excluding carboxylic acids is 2. The number of furan rings is 1. The first-order valence-electron chi connectivity index (χ1n) is 8.51. The van der Waals surface area contributed by atoms with E-state index in [0.717, 1.165) is 0 Å². The van der Waals surface area contributed by atoms with Crippen LogP contribution in [-0.4, -0.2) is 18.0 Å². The minimum absolute atomic E-state index is 0.120. The quantitative estimate of drug-likeness (QED) is 0.511. The fourth-order valence-corrected chi connectivity index (χ4v) is 2.84. The number of ether oxygens (including phenoxy) is 1. The highest BCUT2D eigenvalue weighted by molar-refractivity contribution is 6.35. The number of hydrogen-bond acceptors (Lipinski definition) is 4. The van der Waals surface area contributed by atoms with E-state index in [-0.39, 0.29) is 11.9 Å². The molecule has 0 bridgehead atoms. The number of nitrogens with one attached hydrogen (secondary N) is 1. The molecule has 1 N–H and O–H groups in total. The van der Waals surface area contributed by atoms with Gasteiger partial charge in [0.2, 0.25) is 0 Å². The van der Waals surface area contributed by atoms with Crippen LogP contribution in [0, 0.1) is 0 Å². The topological polar surface area (TPSA) is 68.5 Å². The molecule has 0 radical (unpaired) electrons. The minimum Gasteiger partial charge on any atom is -0.459 e. The molecule has 0 saturated carbocycles. The molecular formula is C21H17Cl2NO4. The molecule has 3 aromatic rings. The third-order valence-electron chi connectivity index (χ3n) is 3.74. The van der Waals surface area contributed by atoms with Gasteiger partial charge in [0.15, 0.2) is 5.76 Å². The van der Waals surface area contributed by atoms with E-state index >= 15 is 0 Å². The molecule has 0 unspecified atom stereocenters. The van der Waals surface area contributed by atoms with Gasteiger partial charge in [0.05, 0.1) is 16.7 Å². The summed E-state index contributed by atoms with van der Waals surface area (Å²) in [5.74, 6) is -0.289. The summed E-state index contributed by atoms with van der Waals surface area (Å²) in [4.78, 5) is 24.3. The average Bonchev–Trinajstić information content (AvgIpc) is 3.14. The standard InChI is InChI=1S/C21H17Cl2NO4/c1-12(2)27-21(26)13-3-6-15(7-4-13)24-20(25)19-10-9-18(28-19)16-11-14(22)5-8-17(16)23/h3-12H,1-2H3,(H,24,25). The lowest BCUT2D eigenvalue weighted by molar-refractivity contribution is 0.0378. The molecule has 2 aromatic carbocycles. The van der Waals surface area contributed by atoms with Crippen LogP contribution in [0.2, 0.25) is 10.0 Å². The first-order chi connectivity index (χ1) is 13.3. The molecule has 0 atom stereocenters. The lowest BCUT2D eigenvalue weighted by Gasteiger charge is -2.08. The van der Waals surface area contributed by atoms with Crippen molar-refractivity contribution in [2.75, 3.05) is 5.32 Å². The van der Waals surface area contributed by atoms with Crippen LogP contribution in [0.1, 0.15) is 34.8 Å². The van der Waals surface area contributed by atoms with Gasteiger partial charge in [0.25, 0.3) is 5.91 Å². The smallest absolute Gasteiger partial charge is 0.338 e. The molecule has 0 aliphatic rings. The van der Waals surface area contributed by atoms with Crippen LogP contribution in [-0.2, 0) is 4.74 Å². The van der Waals surface area contributed by atoms with Crippen LogP contribution < -0.4 is 5.32 Å². The maximum Gasteiger partial charge on any atom is 0.338 e. The zero-order valence-corrected chi connectivity index (χ0v) is 16.7. The van der Waals surface area contributed by atoms with Crippen molar-refractivity contribution in [1.82, 2.24) is 0 Å². The van der Waals surface area contributed by atoms with Crippen molar-refractivity contribution in [3.63, 3.8) is 0 Å². The third-order valence-corrected chi connectivity index (χ3v) is 4.31. The number of benzene rings is 2. The van der Waals surface area contributed by atoms with Crippen molar-refractivity contribution in [3.05, 3.63) is 76.0 Å². The fraction of sp³-hybridized carbons (Fsp3) is 0.143. The van der Waals surface area contributed by atoms with Crippen LogP contribution in [0.5, 0.6) is 0 Å². The second-order valence-corrected chi connectivity index (χ2v) is 7.12. The van der Waals surface area contributed by atoms with Gasteiger partial charge in [-0.05, 0) is 68.4 Å². The number of anilines is 1. The Labute approximate surface area is 172 Å². The summed E-state index contributed by atoms with van der Waals surface area (Å²) < 4.78 is 10.7. The fourth-order valence-electron chi connectivity index (χ4n) is 2.46. The summed E-state index contributed by atoms with van der Waals surface area (Å²) >= 11 is 12.2. The average molecular weight is 418 g/mol. The van der Waals surface area contributed by atoms with Crippen LogP contribution in [0.15, 0.2) is 59.0 Å². The Kier molecular flexibility index (Phi) is 6.07. The van der Waals surface area contributed by atoms with Crippen LogP contribution in [0.25, 0.3) is 11.3 Å². The maximum atomic E-state index is 12.4. The molecule has 1 aromatic heterocycles. The van der Waals surface area contributed by atoms with E-state index in [1.807, 2.05) is 0 Å². The molecule has 0 spiro atoms. The summed E-state index contributed by atoms with van der Waals surface area (Å²) in [6, 6.07) is 14.6. The van der Waals surface area contributed by atoms with E-state index in [9.17, 15) is 9.59 Å². The Morgan fingerprint density at radius 1 is 1.00 bits per heavy atom. The summed E-state index contributed by atoms with van der Waals surface area (Å²) in [6.45, 7) is 3.56. The Balaban J connectivity index is 1.71. The second-order valence-electron chi connectivity index (χ2n) is 6.27. The predicted molar refractivity (Wildman–Crippen MR) is 109 cm³/mol. The van der Waals surface area contributed by atoms with Gasteiger partial charge in [-0.15, -0.1) is 0 Å². The van der Waals surface area contributed by atoms with Gasteiger partial charge in [-0.2, -0.15) is 0 Å². The molecule has 3 rings (SSSR count). The number of rotatable bonds is 5. The van der Waals surface area contributed by atoms with E-state index in [1.165, 1.54) is 0 Å². The van der Waals surface area contributed by atoms with Crippen LogP contribution in [0.4, 0.5) is 5.69 Å². The van der Waals surface area contributed by atoms with Gasteiger partial charge < -0.3 is 14.5 Å².